The molecule has 1 aromatic heterocycles. The molecule has 3 aromatic rings. The topological polar surface area (TPSA) is 65.2 Å². The van der Waals surface area contributed by atoms with Gasteiger partial charge in [0.05, 0.1) is 12.1 Å². The summed E-state index contributed by atoms with van der Waals surface area (Å²) in [7, 11) is 0. The van der Waals surface area contributed by atoms with Crippen molar-refractivity contribution >= 4 is 28.4 Å². The molecular formula is C20H18FN3O2. The van der Waals surface area contributed by atoms with Crippen molar-refractivity contribution < 1.29 is 14.0 Å². The SMILES string of the molecule is Cc1[nH]c2ccc(F)cc2c1C(=O)NCC(=O)N1CCc2ccccc21. The van der Waals surface area contributed by atoms with E-state index in [0.717, 1.165) is 17.7 Å². The second-order valence-electron chi connectivity index (χ2n) is 6.42. The zero-order chi connectivity index (χ0) is 18.3. The van der Waals surface area contributed by atoms with E-state index in [4.69, 9.17) is 0 Å². The molecule has 2 heterocycles. The van der Waals surface area contributed by atoms with E-state index in [1.165, 1.54) is 12.1 Å². The lowest BCUT2D eigenvalue weighted by Crippen LogP contribution is -2.39. The first-order valence-electron chi connectivity index (χ1n) is 8.49. The molecule has 0 saturated carbocycles. The van der Waals surface area contributed by atoms with Gasteiger partial charge >= 0.3 is 0 Å². The highest BCUT2D eigenvalue weighted by molar-refractivity contribution is 6.09. The van der Waals surface area contributed by atoms with Crippen molar-refractivity contribution in [1.82, 2.24) is 10.3 Å². The van der Waals surface area contributed by atoms with Gasteiger partial charge in [-0.15, -0.1) is 0 Å². The van der Waals surface area contributed by atoms with E-state index in [-0.39, 0.29) is 18.4 Å². The molecule has 132 valence electrons. The summed E-state index contributed by atoms with van der Waals surface area (Å²) in [6.45, 7) is 2.27. The number of carbonyl (C=O) groups is 2. The number of hydrogen-bond donors (Lipinski definition) is 2. The third-order valence-corrected chi connectivity index (χ3v) is 4.76. The minimum Gasteiger partial charge on any atom is -0.358 e. The minimum atomic E-state index is -0.407. The van der Waals surface area contributed by atoms with Gasteiger partial charge < -0.3 is 15.2 Å². The number of hydrogen-bond acceptors (Lipinski definition) is 2. The van der Waals surface area contributed by atoms with Crippen LogP contribution < -0.4 is 10.2 Å². The molecule has 2 N–H and O–H groups in total. The van der Waals surface area contributed by atoms with Crippen LogP contribution in [0.4, 0.5) is 10.1 Å². The number of carbonyl (C=O) groups excluding carboxylic acids is 2. The number of fused-ring (bicyclic) bond motifs is 2. The molecule has 0 spiro atoms. The van der Waals surface area contributed by atoms with Crippen LogP contribution in [0, 0.1) is 12.7 Å². The van der Waals surface area contributed by atoms with Crippen molar-refractivity contribution in [3.05, 3.63) is 65.1 Å². The fraction of sp³-hybridized carbons (Fsp3) is 0.200. The lowest BCUT2D eigenvalue weighted by atomic mass is 10.1. The van der Waals surface area contributed by atoms with E-state index < -0.39 is 5.82 Å². The molecule has 4 rings (SSSR count). The Labute approximate surface area is 149 Å². The summed E-state index contributed by atoms with van der Waals surface area (Å²) in [5.74, 6) is -0.956. The molecule has 0 unspecified atom stereocenters. The molecule has 26 heavy (non-hydrogen) atoms. The van der Waals surface area contributed by atoms with Crippen LogP contribution in [-0.2, 0) is 11.2 Å². The Morgan fingerprint density at radius 2 is 2.04 bits per heavy atom. The Morgan fingerprint density at radius 3 is 2.88 bits per heavy atom. The van der Waals surface area contributed by atoms with Gasteiger partial charge in [0.1, 0.15) is 5.82 Å². The molecule has 0 fully saturated rings. The van der Waals surface area contributed by atoms with E-state index in [2.05, 4.69) is 10.3 Å². The van der Waals surface area contributed by atoms with E-state index in [1.807, 2.05) is 24.3 Å². The molecule has 6 heteroatoms. The van der Waals surface area contributed by atoms with Crippen molar-refractivity contribution in [3.63, 3.8) is 0 Å². The van der Waals surface area contributed by atoms with Crippen LogP contribution in [0.25, 0.3) is 10.9 Å². The van der Waals surface area contributed by atoms with Crippen LogP contribution in [-0.4, -0.2) is 29.9 Å². The third kappa shape index (κ3) is 2.73. The lowest BCUT2D eigenvalue weighted by molar-refractivity contribution is -0.117. The highest BCUT2D eigenvalue weighted by atomic mass is 19.1. The summed E-state index contributed by atoms with van der Waals surface area (Å²) >= 11 is 0. The van der Waals surface area contributed by atoms with Crippen molar-refractivity contribution in [2.45, 2.75) is 13.3 Å². The summed E-state index contributed by atoms with van der Waals surface area (Å²) < 4.78 is 13.5. The Morgan fingerprint density at radius 1 is 1.23 bits per heavy atom. The van der Waals surface area contributed by atoms with Gasteiger partial charge in [0.15, 0.2) is 0 Å². The predicted octanol–water partition coefficient (Wildman–Crippen LogP) is 2.93. The van der Waals surface area contributed by atoms with Gasteiger partial charge in [0.2, 0.25) is 5.91 Å². The van der Waals surface area contributed by atoms with Crippen LogP contribution in [0.5, 0.6) is 0 Å². The molecule has 1 aliphatic heterocycles. The minimum absolute atomic E-state index is 0.103. The van der Waals surface area contributed by atoms with Crippen LogP contribution in [0.15, 0.2) is 42.5 Å². The average Bonchev–Trinajstić information content (AvgIpc) is 3.19. The molecular weight excluding hydrogens is 333 g/mol. The van der Waals surface area contributed by atoms with Gasteiger partial charge in [0.25, 0.3) is 5.91 Å². The molecule has 0 aliphatic carbocycles. The van der Waals surface area contributed by atoms with Crippen LogP contribution in [0.1, 0.15) is 21.6 Å². The molecule has 0 bridgehead atoms. The van der Waals surface area contributed by atoms with Crippen molar-refractivity contribution in [1.29, 1.82) is 0 Å². The molecule has 0 radical (unpaired) electrons. The Bertz CT molecular complexity index is 1030. The summed E-state index contributed by atoms with van der Waals surface area (Å²) in [6, 6.07) is 12.0. The highest BCUT2D eigenvalue weighted by Gasteiger charge is 2.25. The van der Waals surface area contributed by atoms with Gasteiger partial charge in [-0.2, -0.15) is 0 Å². The largest absolute Gasteiger partial charge is 0.358 e. The van der Waals surface area contributed by atoms with Crippen molar-refractivity contribution in [2.24, 2.45) is 0 Å². The number of H-pyrrole nitrogens is 1. The predicted molar refractivity (Wildman–Crippen MR) is 97.8 cm³/mol. The average molecular weight is 351 g/mol. The zero-order valence-corrected chi connectivity index (χ0v) is 14.3. The maximum absolute atomic E-state index is 13.5. The van der Waals surface area contributed by atoms with Crippen LogP contribution in [0.2, 0.25) is 0 Å². The monoisotopic (exact) mass is 351 g/mol. The smallest absolute Gasteiger partial charge is 0.254 e. The van der Waals surface area contributed by atoms with Gasteiger partial charge in [0, 0.05) is 28.8 Å². The number of aromatic nitrogens is 1. The Balaban J connectivity index is 1.51. The summed E-state index contributed by atoms with van der Waals surface area (Å²) in [6.07, 6.45) is 0.816. The van der Waals surface area contributed by atoms with Crippen molar-refractivity contribution in [2.75, 3.05) is 18.0 Å². The van der Waals surface area contributed by atoms with E-state index in [1.54, 1.807) is 17.9 Å². The molecule has 2 aromatic carbocycles. The zero-order valence-electron chi connectivity index (χ0n) is 14.3. The van der Waals surface area contributed by atoms with Gasteiger partial charge in [-0.25, -0.2) is 4.39 Å². The van der Waals surface area contributed by atoms with E-state index in [9.17, 15) is 14.0 Å². The number of aryl methyl sites for hydroxylation is 1. The van der Waals surface area contributed by atoms with E-state index >= 15 is 0 Å². The normalized spacial score (nSPS) is 13.1. The fourth-order valence-corrected chi connectivity index (χ4v) is 3.53. The van der Waals surface area contributed by atoms with Crippen LogP contribution >= 0.6 is 0 Å². The molecule has 0 saturated heterocycles. The molecule has 0 atom stereocenters. The number of halogens is 1. The maximum Gasteiger partial charge on any atom is 0.254 e. The lowest BCUT2D eigenvalue weighted by Gasteiger charge is -2.17. The van der Waals surface area contributed by atoms with Crippen molar-refractivity contribution in [3.8, 4) is 0 Å². The van der Waals surface area contributed by atoms with Gasteiger partial charge in [-0.05, 0) is 43.2 Å². The number of benzene rings is 2. The standard InChI is InChI=1S/C20H18FN3O2/c1-12-19(15-10-14(21)6-7-16(15)23-12)20(26)22-11-18(25)24-9-8-13-4-2-3-5-17(13)24/h2-7,10,23H,8-9,11H2,1H3,(H,22,26). The number of anilines is 1. The maximum atomic E-state index is 13.5. The fourth-order valence-electron chi connectivity index (χ4n) is 3.53. The number of aromatic amines is 1. The van der Waals surface area contributed by atoms with Crippen LogP contribution in [0.3, 0.4) is 0 Å². The summed E-state index contributed by atoms with van der Waals surface area (Å²) in [4.78, 5) is 29.9. The summed E-state index contributed by atoms with van der Waals surface area (Å²) in [5.41, 5.74) is 3.73. The Kier molecular flexibility index (Phi) is 3.95. The van der Waals surface area contributed by atoms with Gasteiger partial charge in [-0.3, -0.25) is 9.59 Å². The Hall–Kier alpha value is -3.15. The highest BCUT2D eigenvalue weighted by Crippen LogP contribution is 2.27. The number of nitrogens with one attached hydrogen (secondary N) is 2. The molecule has 5 nitrogen and oxygen atoms in total. The quantitative estimate of drug-likeness (QED) is 0.762. The summed E-state index contributed by atoms with van der Waals surface area (Å²) in [5, 5.41) is 3.19. The second-order valence-corrected chi connectivity index (χ2v) is 6.42. The first-order valence-corrected chi connectivity index (χ1v) is 8.49. The first kappa shape index (κ1) is 16.3. The number of amides is 2. The number of nitrogens with zero attached hydrogens (tertiary/aromatic N) is 1. The molecule has 1 aliphatic rings. The molecule has 2 amide bonds. The number of rotatable bonds is 3. The third-order valence-electron chi connectivity index (χ3n) is 4.76. The second kappa shape index (κ2) is 6.29. The number of para-hydroxylation sites is 1. The van der Waals surface area contributed by atoms with Gasteiger partial charge in [-0.1, -0.05) is 18.2 Å². The van der Waals surface area contributed by atoms with E-state index in [0.29, 0.717) is 28.7 Å². The first-order chi connectivity index (χ1) is 12.5.